The first-order chi connectivity index (χ1) is 9.22. The zero-order valence-electron chi connectivity index (χ0n) is 10.7. The number of methoxy groups -OCH3 is 1. The van der Waals surface area contributed by atoms with E-state index in [-0.39, 0.29) is 12.0 Å². The molecule has 0 aliphatic heterocycles. The van der Waals surface area contributed by atoms with E-state index < -0.39 is 0 Å². The normalized spacial score (nSPS) is 10.1. The Morgan fingerprint density at radius 1 is 1.26 bits per heavy atom. The van der Waals surface area contributed by atoms with Crippen molar-refractivity contribution in [3.05, 3.63) is 30.1 Å². The molecule has 2 rings (SSSR count). The monoisotopic (exact) mass is 261 g/mol. The van der Waals surface area contributed by atoms with Crippen LogP contribution in [0.5, 0.6) is 6.01 Å². The molecule has 0 aliphatic rings. The van der Waals surface area contributed by atoms with Crippen molar-refractivity contribution >= 4 is 11.9 Å². The Morgan fingerprint density at radius 3 is 2.63 bits per heavy atom. The largest absolute Gasteiger partial charge is 0.467 e. The number of anilines is 2. The van der Waals surface area contributed by atoms with Gasteiger partial charge in [-0.2, -0.15) is 15.0 Å². The smallest absolute Gasteiger partial charge is 0.322 e. The van der Waals surface area contributed by atoms with Crippen molar-refractivity contribution in [2.45, 2.75) is 6.54 Å². The predicted molar refractivity (Wildman–Crippen MR) is 70.5 cm³/mol. The highest BCUT2D eigenvalue weighted by molar-refractivity contribution is 5.37. The fourth-order valence-electron chi connectivity index (χ4n) is 1.51. The van der Waals surface area contributed by atoms with Gasteiger partial charge in [-0.05, 0) is 17.7 Å². The van der Waals surface area contributed by atoms with Crippen LogP contribution in [0.25, 0.3) is 0 Å². The van der Waals surface area contributed by atoms with Crippen molar-refractivity contribution in [1.82, 2.24) is 19.9 Å². The topological polar surface area (TPSA) is 102 Å². The lowest BCUT2D eigenvalue weighted by Gasteiger charge is -2.17. The fraction of sp³-hybridized carbons (Fsp3) is 0.273. The molecule has 0 saturated carbocycles. The number of nitrogens with two attached hydrogens (primary N) is 1. The van der Waals surface area contributed by atoms with Gasteiger partial charge in [0.05, 0.1) is 7.11 Å². The Balaban J connectivity index is 2.20. The van der Waals surface area contributed by atoms with Crippen molar-refractivity contribution in [2.75, 3.05) is 24.5 Å². The van der Waals surface area contributed by atoms with Crippen LogP contribution >= 0.6 is 0 Å². The van der Waals surface area contributed by atoms with Crippen molar-refractivity contribution in [3.8, 4) is 6.01 Å². The molecule has 0 aromatic carbocycles. The minimum atomic E-state index is 0.208. The summed E-state index contributed by atoms with van der Waals surface area (Å²) in [4.78, 5) is 18.1. The van der Waals surface area contributed by atoms with Crippen LogP contribution in [0.1, 0.15) is 5.56 Å². The number of nitrogens with one attached hydrogen (secondary N) is 1. The van der Waals surface area contributed by atoms with Gasteiger partial charge in [-0.1, -0.05) is 0 Å². The first-order valence-corrected chi connectivity index (χ1v) is 5.59. The van der Waals surface area contributed by atoms with E-state index in [1.54, 1.807) is 12.4 Å². The summed E-state index contributed by atoms with van der Waals surface area (Å²) in [5.74, 6) is 6.03. The summed E-state index contributed by atoms with van der Waals surface area (Å²) < 4.78 is 5.00. The van der Waals surface area contributed by atoms with E-state index in [4.69, 9.17) is 10.6 Å². The SMILES string of the molecule is COc1nc(NN)nc(N(C)Cc2ccncc2)n1. The second kappa shape index (κ2) is 5.91. The molecule has 8 heteroatoms. The highest BCUT2D eigenvalue weighted by Crippen LogP contribution is 2.15. The summed E-state index contributed by atoms with van der Waals surface area (Å²) in [6, 6.07) is 4.06. The van der Waals surface area contributed by atoms with Gasteiger partial charge in [0.25, 0.3) is 0 Å². The molecule has 19 heavy (non-hydrogen) atoms. The minimum absolute atomic E-state index is 0.208. The molecular formula is C11H15N7O. The van der Waals surface area contributed by atoms with Gasteiger partial charge in [0.1, 0.15) is 0 Å². The zero-order chi connectivity index (χ0) is 13.7. The van der Waals surface area contributed by atoms with E-state index in [0.29, 0.717) is 12.5 Å². The molecule has 0 spiro atoms. The third-order valence-electron chi connectivity index (χ3n) is 2.43. The Hall–Kier alpha value is -2.48. The summed E-state index contributed by atoms with van der Waals surface area (Å²) >= 11 is 0. The quantitative estimate of drug-likeness (QED) is 0.581. The molecule has 8 nitrogen and oxygen atoms in total. The van der Waals surface area contributed by atoms with Crippen LogP contribution in [-0.4, -0.2) is 34.1 Å². The summed E-state index contributed by atoms with van der Waals surface area (Å²) in [7, 11) is 3.36. The standard InChI is InChI=1S/C11H15N7O/c1-18(7-8-3-5-13-6-4-8)10-14-9(17-12)15-11(16-10)19-2/h3-6H,7,12H2,1-2H3,(H,14,15,16,17). The molecule has 0 bridgehead atoms. The third-order valence-corrected chi connectivity index (χ3v) is 2.43. The summed E-state index contributed by atoms with van der Waals surface area (Å²) in [5, 5.41) is 0. The molecule has 2 aromatic rings. The van der Waals surface area contributed by atoms with Gasteiger partial charge in [0, 0.05) is 26.0 Å². The number of pyridine rings is 1. The fourth-order valence-corrected chi connectivity index (χ4v) is 1.51. The van der Waals surface area contributed by atoms with Gasteiger partial charge in [0.15, 0.2) is 0 Å². The number of hydrazine groups is 1. The highest BCUT2D eigenvalue weighted by Gasteiger charge is 2.10. The van der Waals surface area contributed by atoms with E-state index in [2.05, 4.69) is 25.4 Å². The summed E-state index contributed by atoms with van der Waals surface area (Å²) in [6.45, 7) is 0.639. The summed E-state index contributed by atoms with van der Waals surface area (Å²) in [5.41, 5.74) is 3.48. The van der Waals surface area contributed by atoms with Crippen LogP contribution in [0, 0.1) is 0 Å². The molecule has 0 aliphatic carbocycles. The first-order valence-electron chi connectivity index (χ1n) is 5.59. The molecular weight excluding hydrogens is 246 g/mol. The molecule has 0 unspecified atom stereocenters. The van der Waals surface area contributed by atoms with Gasteiger partial charge in [0.2, 0.25) is 11.9 Å². The second-order valence-electron chi connectivity index (χ2n) is 3.80. The van der Waals surface area contributed by atoms with Gasteiger partial charge < -0.3 is 9.64 Å². The second-order valence-corrected chi connectivity index (χ2v) is 3.80. The number of aromatic nitrogens is 4. The Kier molecular flexibility index (Phi) is 4.04. The molecule has 2 aromatic heterocycles. The number of ether oxygens (including phenoxy) is 1. The maximum Gasteiger partial charge on any atom is 0.322 e. The van der Waals surface area contributed by atoms with E-state index in [1.807, 2.05) is 24.1 Å². The third kappa shape index (κ3) is 3.26. The van der Waals surface area contributed by atoms with Gasteiger partial charge in [-0.15, -0.1) is 0 Å². The molecule has 100 valence electrons. The molecule has 3 N–H and O–H groups in total. The van der Waals surface area contributed by atoms with Crippen LogP contribution in [0.2, 0.25) is 0 Å². The number of hydrogen-bond acceptors (Lipinski definition) is 8. The minimum Gasteiger partial charge on any atom is -0.467 e. The lowest BCUT2D eigenvalue weighted by molar-refractivity contribution is 0.379. The Morgan fingerprint density at radius 2 is 2.00 bits per heavy atom. The molecule has 0 amide bonds. The first kappa shape index (κ1) is 13.0. The molecule has 0 atom stereocenters. The number of nitrogen functional groups attached to an aromatic ring is 1. The average Bonchev–Trinajstić information content (AvgIpc) is 2.47. The maximum absolute atomic E-state index is 5.31. The van der Waals surface area contributed by atoms with Crippen LogP contribution in [0.15, 0.2) is 24.5 Å². The summed E-state index contributed by atoms with van der Waals surface area (Å²) in [6.07, 6.45) is 3.48. The van der Waals surface area contributed by atoms with E-state index in [0.717, 1.165) is 5.56 Å². The van der Waals surface area contributed by atoms with E-state index in [9.17, 15) is 0 Å². The maximum atomic E-state index is 5.31. The van der Waals surface area contributed by atoms with Crippen molar-refractivity contribution in [3.63, 3.8) is 0 Å². The van der Waals surface area contributed by atoms with Crippen molar-refractivity contribution in [1.29, 1.82) is 0 Å². The van der Waals surface area contributed by atoms with Crippen LogP contribution < -0.4 is 20.9 Å². The average molecular weight is 261 g/mol. The van der Waals surface area contributed by atoms with Crippen molar-refractivity contribution in [2.24, 2.45) is 5.84 Å². The van der Waals surface area contributed by atoms with E-state index >= 15 is 0 Å². The molecule has 0 radical (unpaired) electrons. The Bertz CT molecular complexity index is 512. The van der Waals surface area contributed by atoms with Crippen LogP contribution in [-0.2, 0) is 6.54 Å². The number of hydrogen-bond donors (Lipinski definition) is 2. The van der Waals surface area contributed by atoms with E-state index in [1.165, 1.54) is 7.11 Å². The van der Waals surface area contributed by atoms with Crippen LogP contribution in [0.3, 0.4) is 0 Å². The molecule has 0 saturated heterocycles. The lowest BCUT2D eigenvalue weighted by Crippen LogP contribution is -2.21. The number of rotatable bonds is 5. The highest BCUT2D eigenvalue weighted by atomic mass is 16.5. The number of nitrogens with zero attached hydrogens (tertiary/aromatic N) is 5. The molecule has 2 heterocycles. The Labute approximate surface area is 110 Å². The zero-order valence-corrected chi connectivity index (χ0v) is 10.7. The van der Waals surface area contributed by atoms with Gasteiger partial charge in [-0.3, -0.25) is 10.4 Å². The predicted octanol–water partition coefficient (Wildman–Crippen LogP) is 0.197. The van der Waals surface area contributed by atoms with Gasteiger partial charge in [-0.25, -0.2) is 5.84 Å². The van der Waals surface area contributed by atoms with Gasteiger partial charge >= 0.3 is 6.01 Å². The van der Waals surface area contributed by atoms with Crippen LogP contribution in [0.4, 0.5) is 11.9 Å². The van der Waals surface area contributed by atoms with Crippen molar-refractivity contribution < 1.29 is 4.74 Å². The molecule has 0 fully saturated rings. The lowest BCUT2D eigenvalue weighted by atomic mass is 10.2.